The standard InChI is InChI=1S/C17H19N/c1-13-8-7-10-16(12-13)15(3)18(4)17-11-6-5-9-14(17)2/h5-12H,3H2,1-2,4H3. The highest BCUT2D eigenvalue weighted by molar-refractivity contribution is 5.78. The highest BCUT2D eigenvalue weighted by Gasteiger charge is 2.09. The van der Waals surface area contributed by atoms with E-state index < -0.39 is 0 Å². The molecule has 0 N–H and O–H groups in total. The second kappa shape index (κ2) is 5.09. The number of aryl methyl sites for hydroxylation is 2. The Labute approximate surface area is 109 Å². The number of anilines is 1. The predicted octanol–water partition coefficient (Wildman–Crippen LogP) is 4.41. The molecule has 1 nitrogen and oxygen atoms in total. The molecule has 2 rings (SSSR count). The molecular formula is C17H19N. The molecule has 18 heavy (non-hydrogen) atoms. The largest absolute Gasteiger partial charge is 0.344 e. The average molecular weight is 237 g/mol. The third-order valence-electron chi connectivity index (χ3n) is 3.23. The van der Waals surface area contributed by atoms with Gasteiger partial charge in [-0.15, -0.1) is 0 Å². The highest BCUT2D eigenvalue weighted by Crippen LogP contribution is 2.26. The van der Waals surface area contributed by atoms with Gasteiger partial charge in [-0.1, -0.05) is 48.5 Å². The number of hydrogen-bond acceptors (Lipinski definition) is 1. The van der Waals surface area contributed by atoms with E-state index in [4.69, 9.17) is 0 Å². The molecule has 0 aromatic heterocycles. The number of nitrogens with zero attached hydrogens (tertiary/aromatic N) is 1. The van der Waals surface area contributed by atoms with E-state index in [0.29, 0.717) is 0 Å². The van der Waals surface area contributed by atoms with Crippen molar-refractivity contribution in [2.24, 2.45) is 0 Å². The van der Waals surface area contributed by atoms with Gasteiger partial charge in [0, 0.05) is 18.4 Å². The van der Waals surface area contributed by atoms with Gasteiger partial charge >= 0.3 is 0 Å². The first-order valence-corrected chi connectivity index (χ1v) is 6.15. The number of benzene rings is 2. The Hall–Kier alpha value is -2.02. The van der Waals surface area contributed by atoms with Crippen LogP contribution in [0.2, 0.25) is 0 Å². The zero-order chi connectivity index (χ0) is 13.1. The molecule has 0 atom stereocenters. The van der Waals surface area contributed by atoms with Gasteiger partial charge in [0.1, 0.15) is 0 Å². The molecule has 2 aromatic rings. The van der Waals surface area contributed by atoms with Crippen LogP contribution in [0.15, 0.2) is 55.1 Å². The summed E-state index contributed by atoms with van der Waals surface area (Å²) in [7, 11) is 2.06. The molecule has 0 saturated carbocycles. The molecule has 92 valence electrons. The average Bonchev–Trinajstić information content (AvgIpc) is 2.37. The lowest BCUT2D eigenvalue weighted by molar-refractivity contribution is 1.20. The number of rotatable bonds is 3. The summed E-state index contributed by atoms with van der Waals surface area (Å²) < 4.78 is 0. The normalized spacial score (nSPS) is 10.2. The van der Waals surface area contributed by atoms with E-state index in [0.717, 1.165) is 5.70 Å². The van der Waals surface area contributed by atoms with Crippen LogP contribution in [0.4, 0.5) is 5.69 Å². The van der Waals surface area contributed by atoms with Crippen LogP contribution >= 0.6 is 0 Å². The summed E-state index contributed by atoms with van der Waals surface area (Å²) in [5, 5.41) is 0. The molecule has 0 bridgehead atoms. The minimum Gasteiger partial charge on any atom is -0.344 e. The van der Waals surface area contributed by atoms with Crippen LogP contribution in [0, 0.1) is 13.8 Å². The first kappa shape index (κ1) is 12.4. The Morgan fingerprint density at radius 3 is 2.39 bits per heavy atom. The van der Waals surface area contributed by atoms with Gasteiger partial charge in [0.05, 0.1) is 0 Å². The van der Waals surface area contributed by atoms with E-state index in [-0.39, 0.29) is 0 Å². The maximum Gasteiger partial charge on any atom is 0.0437 e. The van der Waals surface area contributed by atoms with Gasteiger partial charge in [-0.25, -0.2) is 0 Å². The molecule has 0 heterocycles. The lowest BCUT2D eigenvalue weighted by atomic mass is 10.1. The lowest BCUT2D eigenvalue weighted by Crippen LogP contribution is -2.15. The number of para-hydroxylation sites is 1. The van der Waals surface area contributed by atoms with Crippen molar-refractivity contribution in [3.8, 4) is 0 Å². The fraction of sp³-hybridized carbons (Fsp3) is 0.176. The summed E-state index contributed by atoms with van der Waals surface area (Å²) in [5.74, 6) is 0. The van der Waals surface area contributed by atoms with Crippen molar-refractivity contribution in [3.05, 3.63) is 71.8 Å². The quantitative estimate of drug-likeness (QED) is 0.764. The van der Waals surface area contributed by atoms with Crippen LogP contribution < -0.4 is 4.90 Å². The minimum atomic E-state index is 1.02. The van der Waals surface area contributed by atoms with Gasteiger partial charge in [-0.2, -0.15) is 0 Å². The van der Waals surface area contributed by atoms with Crippen LogP contribution in [0.3, 0.4) is 0 Å². The SMILES string of the molecule is C=C(c1cccc(C)c1)N(C)c1ccccc1C. The van der Waals surface area contributed by atoms with E-state index in [1.807, 2.05) is 0 Å². The summed E-state index contributed by atoms with van der Waals surface area (Å²) in [6.07, 6.45) is 0. The molecule has 0 fully saturated rings. The Kier molecular flexibility index (Phi) is 3.52. The molecule has 0 aliphatic rings. The second-order valence-corrected chi connectivity index (χ2v) is 4.66. The van der Waals surface area contributed by atoms with Crippen molar-refractivity contribution < 1.29 is 0 Å². The monoisotopic (exact) mass is 237 g/mol. The first-order valence-electron chi connectivity index (χ1n) is 6.15. The third kappa shape index (κ3) is 2.45. The van der Waals surface area contributed by atoms with Crippen LogP contribution in [0.5, 0.6) is 0 Å². The lowest BCUT2D eigenvalue weighted by Gasteiger charge is -2.24. The van der Waals surface area contributed by atoms with Gasteiger partial charge in [0.25, 0.3) is 0 Å². The maximum absolute atomic E-state index is 4.21. The van der Waals surface area contributed by atoms with Crippen molar-refractivity contribution in [1.29, 1.82) is 0 Å². The fourth-order valence-corrected chi connectivity index (χ4v) is 2.10. The van der Waals surface area contributed by atoms with Crippen molar-refractivity contribution in [3.63, 3.8) is 0 Å². The van der Waals surface area contributed by atoms with Crippen LogP contribution in [0.25, 0.3) is 5.70 Å². The van der Waals surface area contributed by atoms with Crippen molar-refractivity contribution in [2.45, 2.75) is 13.8 Å². The van der Waals surface area contributed by atoms with Crippen LogP contribution in [-0.2, 0) is 0 Å². The first-order chi connectivity index (χ1) is 8.59. The Morgan fingerprint density at radius 2 is 1.72 bits per heavy atom. The van der Waals surface area contributed by atoms with Crippen molar-refractivity contribution in [2.75, 3.05) is 11.9 Å². The summed E-state index contributed by atoms with van der Waals surface area (Å²) in [5.41, 5.74) is 5.90. The van der Waals surface area contributed by atoms with Crippen molar-refractivity contribution >= 4 is 11.4 Å². The van der Waals surface area contributed by atoms with Crippen LogP contribution in [0.1, 0.15) is 16.7 Å². The summed E-state index contributed by atoms with van der Waals surface area (Å²) >= 11 is 0. The molecule has 0 amide bonds. The summed E-state index contributed by atoms with van der Waals surface area (Å²) in [4.78, 5) is 2.14. The zero-order valence-electron chi connectivity index (χ0n) is 11.3. The summed E-state index contributed by atoms with van der Waals surface area (Å²) in [6.45, 7) is 8.43. The van der Waals surface area contributed by atoms with E-state index in [1.165, 1.54) is 22.4 Å². The predicted molar refractivity (Wildman–Crippen MR) is 79.8 cm³/mol. The van der Waals surface area contributed by atoms with Crippen LogP contribution in [-0.4, -0.2) is 7.05 Å². The van der Waals surface area contributed by atoms with E-state index in [2.05, 4.69) is 80.9 Å². The molecule has 0 spiro atoms. The van der Waals surface area contributed by atoms with Gasteiger partial charge in [0.15, 0.2) is 0 Å². The molecule has 0 aliphatic heterocycles. The zero-order valence-corrected chi connectivity index (χ0v) is 11.3. The summed E-state index contributed by atoms with van der Waals surface area (Å²) in [6, 6.07) is 16.8. The fourth-order valence-electron chi connectivity index (χ4n) is 2.10. The van der Waals surface area contributed by atoms with E-state index >= 15 is 0 Å². The minimum absolute atomic E-state index is 1.02. The Balaban J connectivity index is 2.32. The third-order valence-corrected chi connectivity index (χ3v) is 3.23. The molecule has 0 unspecified atom stereocenters. The van der Waals surface area contributed by atoms with Gasteiger partial charge < -0.3 is 4.90 Å². The second-order valence-electron chi connectivity index (χ2n) is 4.66. The van der Waals surface area contributed by atoms with E-state index in [1.54, 1.807) is 0 Å². The molecule has 2 aromatic carbocycles. The Bertz CT molecular complexity index is 569. The number of hydrogen-bond donors (Lipinski definition) is 0. The molecular weight excluding hydrogens is 218 g/mol. The van der Waals surface area contributed by atoms with Crippen molar-refractivity contribution in [1.82, 2.24) is 0 Å². The topological polar surface area (TPSA) is 3.24 Å². The van der Waals surface area contributed by atoms with Gasteiger partial charge in [-0.3, -0.25) is 0 Å². The highest BCUT2D eigenvalue weighted by atomic mass is 15.1. The molecule has 1 heteroatoms. The Morgan fingerprint density at radius 1 is 1.00 bits per heavy atom. The molecule has 0 radical (unpaired) electrons. The van der Waals surface area contributed by atoms with Gasteiger partial charge in [-0.05, 0) is 37.1 Å². The molecule has 0 saturated heterocycles. The maximum atomic E-state index is 4.21. The smallest absolute Gasteiger partial charge is 0.0437 e. The van der Waals surface area contributed by atoms with Gasteiger partial charge in [0.2, 0.25) is 0 Å². The van der Waals surface area contributed by atoms with E-state index in [9.17, 15) is 0 Å². The molecule has 0 aliphatic carbocycles.